The lowest BCUT2D eigenvalue weighted by Gasteiger charge is -2.36. The minimum atomic E-state index is 0.382. The molecular formula is C17H24N2O. The number of hydrogen-bond acceptors (Lipinski definition) is 2. The van der Waals surface area contributed by atoms with Gasteiger partial charge in [-0.05, 0) is 31.2 Å². The molecule has 0 aromatic heterocycles. The Labute approximate surface area is 121 Å². The third kappa shape index (κ3) is 3.21. The molecule has 20 heavy (non-hydrogen) atoms. The molecule has 108 valence electrons. The van der Waals surface area contributed by atoms with E-state index in [4.69, 9.17) is 0 Å². The number of carbonyl (C=O) groups is 1. The highest BCUT2D eigenvalue weighted by Gasteiger charge is 2.30. The number of likely N-dealkylation sites (tertiary alicyclic amines) is 2. The Kier molecular flexibility index (Phi) is 4.36. The molecule has 3 heteroatoms. The van der Waals surface area contributed by atoms with E-state index in [9.17, 15) is 4.79 Å². The van der Waals surface area contributed by atoms with Crippen molar-refractivity contribution in [2.24, 2.45) is 0 Å². The van der Waals surface area contributed by atoms with Gasteiger partial charge < -0.3 is 9.80 Å². The van der Waals surface area contributed by atoms with E-state index in [0.717, 1.165) is 58.3 Å². The fourth-order valence-electron chi connectivity index (χ4n) is 3.44. The number of piperidine rings is 1. The van der Waals surface area contributed by atoms with Gasteiger partial charge >= 0.3 is 0 Å². The van der Waals surface area contributed by atoms with Gasteiger partial charge in [0, 0.05) is 38.6 Å². The number of rotatable bonds is 4. The molecule has 0 atom stereocenters. The number of benzene rings is 1. The van der Waals surface area contributed by atoms with E-state index in [1.807, 2.05) is 0 Å². The summed E-state index contributed by atoms with van der Waals surface area (Å²) in [7, 11) is 0. The molecule has 0 unspecified atom stereocenters. The van der Waals surface area contributed by atoms with Gasteiger partial charge in [-0.2, -0.15) is 0 Å². The van der Waals surface area contributed by atoms with Crippen molar-refractivity contribution < 1.29 is 4.79 Å². The molecule has 2 heterocycles. The molecular weight excluding hydrogens is 248 g/mol. The first-order chi connectivity index (χ1) is 9.83. The van der Waals surface area contributed by atoms with E-state index < -0.39 is 0 Å². The average Bonchev–Trinajstić information content (AvgIpc) is 2.93. The van der Waals surface area contributed by atoms with Gasteiger partial charge in [0.05, 0.1) is 0 Å². The second kappa shape index (κ2) is 6.40. The smallest absolute Gasteiger partial charge is 0.222 e. The zero-order chi connectivity index (χ0) is 13.8. The molecule has 2 saturated heterocycles. The van der Waals surface area contributed by atoms with E-state index in [1.165, 1.54) is 5.56 Å². The molecule has 3 rings (SSSR count). The van der Waals surface area contributed by atoms with Gasteiger partial charge in [0.2, 0.25) is 5.91 Å². The van der Waals surface area contributed by atoms with Gasteiger partial charge in [-0.3, -0.25) is 4.79 Å². The first-order valence-electron chi connectivity index (χ1n) is 7.89. The van der Waals surface area contributed by atoms with Crippen LogP contribution in [0, 0.1) is 0 Å². The maximum atomic E-state index is 11.8. The van der Waals surface area contributed by atoms with Crippen molar-refractivity contribution in [2.75, 3.05) is 26.2 Å². The van der Waals surface area contributed by atoms with Crippen LogP contribution in [0.1, 0.15) is 31.2 Å². The van der Waals surface area contributed by atoms with Crippen molar-refractivity contribution >= 4 is 5.91 Å². The molecule has 0 radical (unpaired) electrons. The molecule has 2 fully saturated rings. The molecule has 2 aliphatic rings. The van der Waals surface area contributed by atoms with Crippen LogP contribution in [-0.4, -0.2) is 47.9 Å². The number of amides is 1. The van der Waals surface area contributed by atoms with E-state index in [2.05, 4.69) is 40.1 Å². The first kappa shape index (κ1) is 13.6. The van der Waals surface area contributed by atoms with Crippen LogP contribution < -0.4 is 0 Å². The number of carbonyl (C=O) groups excluding carboxylic acids is 1. The summed E-state index contributed by atoms with van der Waals surface area (Å²) in [5.41, 5.74) is 1.42. The standard InChI is InChI=1S/C17H24N2O/c20-17-7-4-11-19(17)16-9-13-18(14-10-16)12-8-15-5-2-1-3-6-15/h1-3,5-6,16H,4,7-14H2. The SMILES string of the molecule is O=C1CCCN1C1CCN(CCc2ccccc2)CC1. The molecule has 0 aliphatic carbocycles. The minimum Gasteiger partial charge on any atom is -0.340 e. The van der Waals surface area contributed by atoms with Crippen LogP contribution in [0.25, 0.3) is 0 Å². The zero-order valence-electron chi connectivity index (χ0n) is 12.1. The van der Waals surface area contributed by atoms with Crippen molar-refractivity contribution in [3.63, 3.8) is 0 Å². The summed E-state index contributed by atoms with van der Waals surface area (Å²) in [4.78, 5) is 16.5. The van der Waals surface area contributed by atoms with E-state index in [0.29, 0.717) is 11.9 Å². The zero-order valence-corrected chi connectivity index (χ0v) is 12.1. The molecule has 0 saturated carbocycles. The second-order valence-electron chi connectivity index (χ2n) is 6.00. The lowest BCUT2D eigenvalue weighted by atomic mass is 10.0. The Bertz CT molecular complexity index is 438. The van der Waals surface area contributed by atoms with Crippen molar-refractivity contribution in [1.82, 2.24) is 9.80 Å². The third-order valence-electron chi connectivity index (χ3n) is 4.67. The Morgan fingerprint density at radius 2 is 1.80 bits per heavy atom. The summed E-state index contributed by atoms with van der Waals surface area (Å²) in [6, 6.07) is 11.2. The highest BCUT2D eigenvalue weighted by Crippen LogP contribution is 2.22. The van der Waals surface area contributed by atoms with E-state index in [1.54, 1.807) is 0 Å². The predicted molar refractivity (Wildman–Crippen MR) is 80.6 cm³/mol. The summed E-state index contributed by atoms with van der Waals surface area (Å²) < 4.78 is 0. The molecule has 1 aromatic carbocycles. The van der Waals surface area contributed by atoms with Crippen molar-refractivity contribution in [3.8, 4) is 0 Å². The fraction of sp³-hybridized carbons (Fsp3) is 0.588. The minimum absolute atomic E-state index is 0.382. The highest BCUT2D eigenvalue weighted by atomic mass is 16.2. The average molecular weight is 272 g/mol. The van der Waals surface area contributed by atoms with Gasteiger partial charge in [0.15, 0.2) is 0 Å². The van der Waals surface area contributed by atoms with Crippen LogP contribution in [0.15, 0.2) is 30.3 Å². The molecule has 0 bridgehead atoms. The molecule has 2 aliphatic heterocycles. The molecule has 0 spiro atoms. The second-order valence-corrected chi connectivity index (χ2v) is 6.00. The summed E-state index contributed by atoms with van der Waals surface area (Å²) in [6.07, 6.45) is 5.27. The maximum absolute atomic E-state index is 11.8. The van der Waals surface area contributed by atoms with Crippen LogP contribution in [0.5, 0.6) is 0 Å². The molecule has 1 amide bonds. The Balaban J connectivity index is 1.43. The summed E-state index contributed by atoms with van der Waals surface area (Å²) >= 11 is 0. The summed E-state index contributed by atoms with van der Waals surface area (Å²) in [5, 5.41) is 0. The molecule has 3 nitrogen and oxygen atoms in total. The quantitative estimate of drug-likeness (QED) is 0.840. The van der Waals surface area contributed by atoms with Gasteiger partial charge in [0.25, 0.3) is 0 Å². The maximum Gasteiger partial charge on any atom is 0.222 e. The van der Waals surface area contributed by atoms with E-state index >= 15 is 0 Å². The van der Waals surface area contributed by atoms with Crippen LogP contribution in [0.2, 0.25) is 0 Å². The van der Waals surface area contributed by atoms with Crippen LogP contribution >= 0.6 is 0 Å². The number of hydrogen-bond donors (Lipinski definition) is 0. The number of nitrogens with zero attached hydrogens (tertiary/aromatic N) is 2. The topological polar surface area (TPSA) is 23.6 Å². The molecule has 0 N–H and O–H groups in total. The Morgan fingerprint density at radius 3 is 2.45 bits per heavy atom. The monoisotopic (exact) mass is 272 g/mol. The van der Waals surface area contributed by atoms with Crippen molar-refractivity contribution in [2.45, 2.75) is 38.1 Å². The fourth-order valence-corrected chi connectivity index (χ4v) is 3.44. The predicted octanol–water partition coefficient (Wildman–Crippen LogP) is 2.32. The van der Waals surface area contributed by atoms with Gasteiger partial charge in [0.1, 0.15) is 0 Å². The van der Waals surface area contributed by atoms with Crippen molar-refractivity contribution in [3.05, 3.63) is 35.9 Å². The Hall–Kier alpha value is -1.35. The lowest BCUT2D eigenvalue weighted by Crippen LogP contribution is -2.45. The van der Waals surface area contributed by atoms with Crippen LogP contribution in [-0.2, 0) is 11.2 Å². The highest BCUT2D eigenvalue weighted by molar-refractivity contribution is 5.78. The Morgan fingerprint density at radius 1 is 1.05 bits per heavy atom. The summed E-state index contributed by atoms with van der Waals surface area (Å²) in [6.45, 7) is 4.42. The first-order valence-corrected chi connectivity index (χ1v) is 7.89. The van der Waals surface area contributed by atoms with Gasteiger partial charge in [-0.25, -0.2) is 0 Å². The summed E-state index contributed by atoms with van der Waals surface area (Å²) in [5.74, 6) is 0.382. The molecule has 1 aromatic rings. The lowest BCUT2D eigenvalue weighted by molar-refractivity contribution is -0.130. The van der Waals surface area contributed by atoms with Gasteiger partial charge in [-0.1, -0.05) is 30.3 Å². The van der Waals surface area contributed by atoms with Crippen LogP contribution in [0.4, 0.5) is 0 Å². The van der Waals surface area contributed by atoms with Crippen LogP contribution in [0.3, 0.4) is 0 Å². The van der Waals surface area contributed by atoms with Crippen molar-refractivity contribution in [1.29, 1.82) is 0 Å². The van der Waals surface area contributed by atoms with Gasteiger partial charge in [-0.15, -0.1) is 0 Å². The van der Waals surface area contributed by atoms with E-state index in [-0.39, 0.29) is 0 Å². The normalized spacial score (nSPS) is 21.6. The third-order valence-corrected chi connectivity index (χ3v) is 4.67. The largest absolute Gasteiger partial charge is 0.340 e.